The molecule has 34 heavy (non-hydrogen) atoms. The van der Waals surface area contributed by atoms with Gasteiger partial charge in [-0.25, -0.2) is 0 Å². The Labute approximate surface area is 201 Å². The molecule has 0 spiro atoms. The van der Waals surface area contributed by atoms with E-state index in [0.29, 0.717) is 12.8 Å². The van der Waals surface area contributed by atoms with E-state index in [0.717, 1.165) is 17.7 Å². The molecule has 0 bridgehead atoms. The number of aliphatic hydroxyl groups excluding tert-OH is 2. The van der Waals surface area contributed by atoms with Crippen molar-refractivity contribution >= 4 is 17.8 Å². The fraction of sp³-hybridized carbons (Fsp3) is 0.593. The molecule has 1 saturated heterocycles. The number of carbonyl (C=O) groups excluding carboxylic acids is 2. The number of aromatic nitrogens is 1. The number of rotatable bonds is 2. The van der Waals surface area contributed by atoms with Crippen LogP contribution in [0.25, 0.3) is 6.08 Å². The summed E-state index contributed by atoms with van der Waals surface area (Å²) in [6.45, 7) is 8.69. The average molecular weight is 472 g/mol. The highest BCUT2D eigenvalue weighted by atomic mass is 16.6. The van der Waals surface area contributed by atoms with Crippen LogP contribution in [0.15, 0.2) is 42.1 Å². The molecule has 3 heterocycles. The van der Waals surface area contributed by atoms with Gasteiger partial charge in [0.1, 0.15) is 11.9 Å². The summed E-state index contributed by atoms with van der Waals surface area (Å²) in [5.74, 6) is -1.62. The third-order valence-corrected chi connectivity index (χ3v) is 7.22. The molecule has 2 aliphatic heterocycles. The summed E-state index contributed by atoms with van der Waals surface area (Å²) in [5.41, 5.74) is -0.112. The van der Waals surface area contributed by atoms with Gasteiger partial charge in [-0.3, -0.25) is 14.6 Å². The van der Waals surface area contributed by atoms with Gasteiger partial charge in [0.2, 0.25) is 0 Å². The van der Waals surface area contributed by atoms with E-state index >= 15 is 0 Å². The molecule has 7 heteroatoms. The lowest BCUT2D eigenvalue weighted by Gasteiger charge is -2.33. The van der Waals surface area contributed by atoms with Gasteiger partial charge >= 0.3 is 5.97 Å². The highest BCUT2D eigenvalue weighted by Gasteiger charge is 2.52. The second kappa shape index (κ2) is 10.5. The Balaban J connectivity index is 1.85. The number of hydrogen-bond acceptors (Lipinski definition) is 7. The molecule has 0 aromatic carbocycles. The normalized spacial score (nSPS) is 36.9. The molecule has 1 fully saturated rings. The minimum Gasteiger partial charge on any atom is -0.458 e. The Hall–Kier alpha value is -2.35. The van der Waals surface area contributed by atoms with Gasteiger partial charge in [0.25, 0.3) is 0 Å². The van der Waals surface area contributed by atoms with Crippen molar-refractivity contribution in [3.63, 3.8) is 0 Å². The van der Waals surface area contributed by atoms with E-state index in [1.54, 1.807) is 39.1 Å². The smallest absolute Gasteiger partial charge is 0.309 e. The zero-order valence-electron chi connectivity index (χ0n) is 20.7. The Kier molecular flexibility index (Phi) is 8.11. The van der Waals surface area contributed by atoms with Crippen LogP contribution in [0.3, 0.4) is 0 Å². The van der Waals surface area contributed by atoms with Crippen LogP contribution in [0.2, 0.25) is 0 Å². The molecule has 0 amide bonds. The average Bonchev–Trinajstić information content (AvgIpc) is 3.44. The van der Waals surface area contributed by atoms with Crippen molar-refractivity contribution in [2.24, 2.45) is 11.3 Å². The van der Waals surface area contributed by atoms with Crippen LogP contribution < -0.4 is 0 Å². The zero-order chi connectivity index (χ0) is 25.1. The van der Waals surface area contributed by atoms with Crippen LogP contribution in [0, 0.1) is 11.3 Å². The molecule has 0 unspecified atom stereocenters. The van der Waals surface area contributed by atoms with Gasteiger partial charge in [-0.2, -0.15) is 0 Å². The van der Waals surface area contributed by atoms with Crippen LogP contribution in [0.4, 0.5) is 0 Å². The fourth-order valence-electron chi connectivity index (χ4n) is 4.49. The number of ketones is 1. The molecule has 0 saturated carbocycles. The highest BCUT2D eigenvalue weighted by Crippen LogP contribution is 2.44. The molecular formula is C27H37NO6. The first-order chi connectivity index (χ1) is 15.9. The Morgan fingerprint density at radius 1 is 1.18 bits per heavy atom. The summed E-state index contributed by atoms with van der Waals surface area (Å²) < 4.78 is 11.7. The second-order valence-electron chi connectivity index (χ2n) is 10.3. The van der Waals surface area contributed by atoms with E-state index in [1.807, 2.05) is 38.1 Å². The van der Waals surface area contributed by atoms with E-state index in [4.69, 9.17) is 9.47 Å². The maximum Gasteiger partial charge on any atom is 0.309 e. The van der Waals surface area contributed by atoms with E-state index in [2.05, 4.69) is 4.98 Å². The lowest BCUT2D eigenvalue weighted by atomic mass is 9.74. The number of ether oxygens (including phenoxy) is 2. The monoisotopic (exact) mass is 471 g/mol. The second-order valence-corrected chi connectivity index (χ2v) is 10.3. The van der Waals surface area contributed by atoms with Crippen molar-refractivity contribution in [1.82, 2.24) is 4.98 Å². The molecule has 2 aliphatic rings. The Morgan fingerprint density at radius 3 is 2.59 bits per heavy atom. The highest BCUT2D eigenvalue weighted by molar-refractivity contribution is 5.88. The predicted molar refractivity (Wildman–Crippen MR) is 129 cm³/mol. The molecule has 0 radical (unpaired) electrons. The van der Waals surface area contributed by atoms with E-state index < -0.39 is 35.6 Å². The predicted octanol–water partition coefficient (Wildman–Crippen LogP) is 3.64. The number of pyridine rings is 1. The van der Waals surface area contributed by atoms with Gasteiger partial charge in [0.15, 0.2) is 0 Å². The van der Waals surface area contributed by atoms with E-state index in [9.17, 15) is 19.8 Å². The van der Waals surface area contributed by atoms with Gasteiger partial charge in [-0.1, -0.05) is 32.9 Å². The van der Waals surface area contributed by atoms with Crippen molar-refractivity contribution in [3.05, 3.63) is 47.8 Å². The molecular weight excluding hydrogens is 434 g/mol. The van der Waals surface area contributed by atoms with Crippen molar-refractivity contribution in [2.75, 3.05) is 0 Å². The van der Waals surface area contributed by atoms with Gasteiger partial charge in [0.05, 0.1) is 41.4 Å². The Morgan fingerprint density at radius 2 is 1.91 bits per heavy atom. The standard InChI is InChI=1S/C27H37NO6/c1-17-9-8-13-27(5)22(34-27)15-20(12-11-19-10-6-7-14-28-19)33-23(30)16-21(29)26(3,4)25(32)18(2)24(17)31/h6-7,9-12,14,18,20-22,24,29,31H,8,13,15-16H2,1-5H3/b12-11?,17-9+/t18-,20-,21+,22+,24+,27+/m1/s1. The number of esters is 1. The SMILES string of the molecule is C/C1=C\CC[C@]2(C)O[C@H]2C[C@@H](C=Cc2ccccn2)OC(=O)C[C@H](O)C(C)(C)C(=O)[C@H](C)[C@H]1O. The molecule has 2 N–H and O–H groups in total. The molecule has 0 aliphatic carbocycles. The summed E-state index contributed by atoms with van der Waals surface area (Å²) in [7, 11) is 0. The van der Waals surface area contributed by atoms with E-state index in [-0.39, 0.29) is 23.9 Å². The number of fused-ring (bicyclic) bond motifs is 1. The summed E-state index contributed by atoms with van der Waals surface area (Å²) in [6.07, 6.45) is 5.98. The third-order valence-electron chi connectivity index (χ3n) is 7.22. The maximum atomic E-state index is 13.1. The van der Waals surface area contributed by atoms with Crippen LogP contribution >= 0.6 is 0 Å². The fourth-order valence-corrected chi connectivity index (χ4v) is 4.49. The first-order valence-electron chi connectivity index (χ1n) is 12.0. The quantitative estimate of drug-likeness (QED) is 0.385. The molecule has 6 atom stereocenters. The number of allylic oxidation sites excluding steroid dienone is 1. The van der Waals surface area contributed by atoms with Gasteiger partial charge in [0, 0.05) is 18.5 Å². The third kappa shape index (κ3) is 6.20. The van der Waals surface area contributed by atoms with Crippen LogP contribution in [0.1, 0.15) is 66.0 Å². The lowest BCUT2D eigenvalue weighted by Crippen LogP contribution is -2.44. The first kappa shape index (κ1) is 26.3. The molecule has 186 valence electrons. The number of hydrogen-bond donors (Lipinski definition) is 2. The number of epoxide rings is 1. The number of cyclic esters (lactones) is 1. The van der Waals surface area contributed by atoms with Gasteiger partial charge in [-0.15, -0.1) is 0 Å². The largest absolute Gasteiger partial charge is 0.458 e. The van der Waals surface area contributed by atoms with Crippen molar-refractivity contribution in [1.29, 1.82) is 0 Å². The Bertz CT molecular complexity index is 940. The van der Waals surface area contributed by atoms with E-state index in [1.165, 1.54) is 0 Å². The number of nitrogens with zero attached hydrogens (tertiary/aromatic N) is 1. The summed E-state index contributed by atoms with van der Waals surface area (Å²) in [5, 5.41) is 21.5. The van der Waals surface area contributed by atoms with Gasteiger partial charge in [-0.05, 0) is 56.5 Å². The first-order valence-corrected chi connectivity index (χ1v) is 12.0. The summed E-state index contributed by atoms with van der Waals surface area (Å²) in [6, 6.07) is 5.56. The van der Waals surface area contributed by atoms with Crippen LogP contribution in [0.5, 0.6) is 0 Å². The minimum absolute atomic E-state index is 0.0768. The molecule has 1 aromatic heterocycles. The van der Waals surface area contributed by atoms with Crippen molar-refractivity contribution in [2.45, 2.75) is 90.3 Å². The number of carbonyl (C=O) groups is 2. The molecule has 1 aromatic rings. The van der Waals surface area contributed by atoms with Crippen LogP contribution in [-0.4, -0.2) is 57.0 Å². The number of Topliss-reactive ketones (excluding diaryl/α,β-unsaturated/α-hetero) is 1. The number of aliphatic hydroxyl groups is 2. The lowest BCUT2D eigenvalue weighted by molar-refractivity contribution is -0.153. The topological polar surface area (TPSA) is 109 Å². The van der Waals surface area contributed by atoms with Crippen molar-refractivity contribution < 1.29 is 29.3 Å². The maximum absolute atomic E-state index is 13.1. The van der Waals surface area contributed by atoms with Gasteiger partial charge < -0.3 is 19.7 Å². The zero-order valence-corrected chi connectivity index (χ0v) is 20.7. The van der Waals surface area contributed by atoms with Crippen molar-refractivity contribution in [3.8, 4) is 0 Å². The molecule has 3 rings (SSSR count). The summed E-state index contributed by atoms with van der Waals surface area (Å²) >= 11 is 0. The van der Waals surface area contributed by atoms with Crippen LogP contribution in [-0.2, 0) is 19.1 Å². The summed E-state index contributed by atoms with van der Waals surface area (Å²) in [4.78, 5) is 30.2. The molecule has 7 nitrogen and oxygen atoms in total. The minimum atomic E-state index is -1.25.